The molecule has 0 saturated heterocycles. The van der Waals surface area contributed by atoms with Crippen LogP contribution in [-0.2, 0) is 25.7 Å². The largest absolute Gasteiger partial charge is 0.454 e. The molecule has 142 valence electrons. The average Bonchev–Trinajstić information content (AvgIpc) is 3.00. The molecule has 2 heterocycles. The van der Waals surface area contributed by atoms with Crippen molar-refractivity contribution in [3.05, 3.63) is 59.1 Å². The van der Waals surface area contributed by atoms with Gasteiger partial charge >= 0.3 is 11.7 Å². The summed E-state index contributed by atoms with van der Waals surface area (Å²) in [5.41, 5.74) is 1.85. The highest BCUT2D eigenvalue weighted by Gasteiger charge is 2.27. The smallest absolute Gasteiger partial charge is 0.420 e. The fourth-order valence-corrected chi connectivity index (χ4v) is 3.01. The zero-order chi connectivity index (χ0) is 19.7. The molecule has 0 fully saturated rings. The molecule has 4 rings (SSSR count). The third kappa shape index (κ3) is 3.25. The molecule has 0 atom stereocenters. The molecule has 0 saturated carbocycles. The molecule has 0 radical (unpaired) electrons. The summed E-state index contributed by atoms with van der Waals surface area (Å²) in [4.78, 5) is 49.5. The number of carbonyl (C=O) groups excluding carboxylic acids is 3. The van der Waals surface area contributed by atoms with Crippen molar-refractivity contribution >= 4 is 40.3 Å². The van der Waals surface area contributed by atoms with E-state index in [0.717, 1.165) is 4.57 Å². The van der Waals surface area contributed by atoms with Crippen molar-refractivity contribution in [1.82, 2.24) is 4.57 Å². The molecule has 2 amide bonds. The first-order chi connectivity index (χ1) is 13.5. The maximum atomic E-state index is 12.5. The minimum Gasteiger partial charge on any atom is -0.454 e. The van der Waals surface area contributed by atoms with Crippen molar-refractivity contribution < 1.29 is 23.5 Å². The molecule has 1 aliphatic rings. The molecule has 0 aliphatic carbocycles. The van der Waals surface area contributed by atoms with Crippen LogP contribution in [0.1, 0.15) is 0 Å². The van der Waals surface area contributed by atoms with Gasteiger partial charge in [-0.15, -0.1) is 0 Å². The molecule has 3 aromatic rings. The average molecular weight is 381 g/mol. The summed E-state index contributed by atoms with van der Waals surface area (Å²) in [5, 5.41) is 2.67. The van der Waals surface area contributed by atoms with E-state index in [2.05, 4.69) is 5.32 Å². The summed E-state index contributed by atoms with van der Waals surface area (Å²) < 4.78 is 11.2. The summed E-state index contributed by atoms with van der Waals surface area (Å²) >= 11 is 0. The summed E-state index contributed by atoms with van der Waals surface area (Å²) in [6, 6.07) is 13.5. The first-order valence-corrected chi connectivity index (χ1v) is 8.46. The third-order valence-electron chi connectivity index (χ3n) is 4.29. The van der Waals surface area contributed by atoms with Crippen molar-refractivity contribution in [1.29, 1.82) is 0 Å². The number of esters is 1. The SMILES string of the molecule is O=C1CN(C(=O)COC(=O)Cn2c(=O)oc3ccccc32)c2ccccc2N1. The fraction of sp³-hybridized carbons (Fsp3) is 0.158. The highest BCUT2D eigenvalue weighted by Crippen LogP contribution is 2.28. The normalized spacial score (nSPS) is 13.1. The Labute approximate surface area is 158 Å². The van der Waals surface area contributed by atoms with Crippen LogP contribution >= 0.6 is 0 Å². The molecule has 0 spiro atoms. The first-order valence-electron chi connectivity index (χ1n) is 8.46. The molecule has 0 unspecified atom stereocenters. The zero-order valence-corrected chi connectivity index (χ0v) is 14.6. The van der Waals surface area contributed by atoms with Gasteiger partial charge in [0.15, 0.2) is 12.2 Å². The van der Waals surface area contributed by atoms with E-state index < -0.39 is 24.2 Å². The molecule has 0 bridgehead atoms. The minimum absolute atomic E-state index is 0.167. The predicted octanol–water partition coefficient (Wildman–Crippen LogP) is 1.12. The molecule has 1 N–H and O–H groups in total. The second kappa shape index (κ2) is 7.03. The van der Waals surface area contributed by atoms with E-state index in [1.807, 2.05) is 0 Å². The number of ether oxygens (including phenoxy) is 1. The van der Waals surface area contributed by atoms with Gasteiger partial charge in [-0.05, 0) is 24.3 Å². The van der Waals surface area contributed by atoms with Gasteiger partial charge in [-0.1, -0.05) is 24.3 Å². The molecule has 9 heteroatoms. The van der Waals surface area contributed by atoms with Crippen LogP contribution in [-0.4, -0.2) is 35.5 Å². The molecule has 1 aliphatic heterocycles. The van der Waals surface area contributed by atoms with Gasteiger partial charge in [0, 0.05) is 0 Å². The number of benzene rings is 2. The third-order valence-corrected chi connectivity index (χ3v) is 4.29. The zero-order valence-electron chi connectivity index (χ0n) is 14.6. The second-order valence-electron chi connectivity index (χ2n) is 6.13. The van der Waals surface area contributed by atoms with Crippen LogP contribution in [0.4, 0.5) is 11.4 Å². The number of para-hydroxylation sites is 4. The Morgan fingerprint density at radius 3 is 2.68 bits per heavy atom. The first kappa shape index (κ1) is 17.5. The van der Waals surface area contributed by atoms with E-state index in [1.165, 1.54) is 4.90 Å². The maximum Gasteiger partial charge on any atom is 0.420 e. The van der Waals surface area contributed by atoms with Gasteiger partial charge in [-0.3, -0.25) is 23.9 Å². The number of oxazole rings is 1. The second-order valence-corrected chi connectivity index (χ2v) is 6.13. The Morgan fingerprint density at radius 1 is 1.07 bits per heavy atom. The van der Waals surface area contributed by atoms with Crippen molar-refractivity contribution in [2.24, 2.45) is 0 Å². The predicted molar refractivity (Wildman–Crippen MR) is 98.9 cm³/mol. The Balaban J connectivity index is 1.44. The van der Waals surface area contributed by atoms with Gasteiger partial charge < -0.3 is 14.5 Å². The number of fused-ring (bicyclic) bond motifs is 2. The lowest BCUT2D eigenvalue weighted by atomic mass is 10.2. The van der Waals surface area contributed by atoms with Crippen molar-refractivity contribution in [3.8, 4) is 0 Å². The van der Waals surface area contributed by atoms with Gasteiger partial charge in [-0.25, -0.2) is 4.79 Å². The standard InChI is InChI=1S/C19H15N3O6/c23-16-9-21(13-6-2-1-5-12(13)20-16)17(24)11-27-18(25)10-22-14-7-3-4-8-15(14)28-19(22)26/h1-8H,9-11H2,(H,20,23). The number of nitrogens with zero attached hydrogens (tertiary/aromatic N) is 2. The monoisotopic (exact) mass is 381 g/mol. The van der Waals surface area contributed by atoms with E-state index in [0.29, 0.717) is 22.5 Å². The summed E-state index contributed by atoms with van der Waals surface area (Å²) in [6.07, 6.45) is 0. The minimum atomic E-state index is -0.767. The van der Waals surface area contributed by atoms with Crippen LogP contribution in [0.2, 0.25) is 0 Å². The van der Waals surface area contributed by atoms with Crippen molar-refractivity contribution in [2.75, 3.05) is 23.4 Å². The maximum absolute atomic E-state index is 12.5. The molecular weight excluding hydrogens is 366 g/mol. The molecule has 9 nitrogen and oxygen atoms in total. The highest BCUT2D eigenvalue weighted by atomic mass is 16.5. The molecule has 28 heavy (non-hydrogen) atoms. The van der Waals surface area contributed by atoms with Crippen LogP contribution in [0.3, 0.4) is 0 Å². The lowest BCUT2D eigenvalue weighted by Gasteiger charge is -2.28. The van der Waals surface area contributed by atoms with E-state index in [1.54, 1.807) is 48.5 Å². The lowest BCUT2D eigenvalue weighted by molar-refractivity contribution is -0.148. The fourth-order valence-electron chi connectivity index (χ4n) is 3.01. The van der Waals surface area contributed by atoms with Gasteiger partial charge in [-0.2, -0.15) is 0 Å². The number of hydrogen-bond acceptors (Lipinski definition) is 6. The summed E-state index contributed by atoms with van der Waals surface area (Å²) in [5.74, 6) is -2.34. The number of amides is 2. The summed E-state index contributed by atoms with van der Waals surface area (Å²) in [7, 11) is 0. The Kier molecular flexibility index (Phi) is 4.40. The molecular formula is C19H15N3O6. The Bertz CT molecular complexity index is 1150. The summed E-state index contributed by atoms with van der Waals surface area (Å²) in [6.45, 7) is -1.11. The number of anilines is 2. The van der Waals surface area contributed by atoms with Crippen molar-refractivity contribution in [3.63, 3.8) is 0 Å². The van der Waals surface area contributed by atoms with Crippen LogP contribution in [0.15, 0.2) is 57.7 Å². The van der Waals surface area contributed by atoms with Gasteiger partial charge in [0.05, 0.1) is 16.9 Å². The van der Waals surface area contributed by atoms with Crippen molar-refractivity contribution in [2.45, 2.75) is 6.54 Å². The Morgan fingerprint density at radius 2 is 1.82 bits per heavy atom. The molecule has 1 aromatic heterocycles. The van der Waals surface area contributed by atoms with E-state index in [9.17, 15) is 19.2 Å². The van der Waals surface area contributed by atoms with Crippen LogP contribution in [0.25, 0.3) is 11.1 Å². The van der Waals surface area contributed by atoms with Crippen LogP contribution in [0.5, 0.6) is 0 Å². The number of hydrogen-bond donors (Lipinski definition) is 1. The van der Waals surface area contributed by atoms with Gasteiger partial charge in [0.2, 0.25) is 5.91 Å². The van der Waals surface area contributed by atoms with E-state index >= 15 is 0 Å². The van der Waals surface area contributed by atoms with Crippen LogP contribution in [0, 0.1) is 0 Å². The highest BCUT2D eigenvalue weighted by molar-refractivity contribution is 6.10. The number of rotatable bonds is 4. The number of aromatic nitrogens is 1. The molecule has 2 aromatic carbocycles. The van der Waals surface area contributed by atoms with E-state index in [-0.39, 0.29) is 19.0 Å². The van der Waals surface area contributed by atoms with Gasteiger partial charge in [0.1, 0.15) is 13.1 Å². The lowest BCUT2D eigenvalue weighted by Crippen LogP contribution is -2.44. The van der Waals surface area contributed by atoms with E-state index in [4.69, 9.17) is 9.15 Å². The number of nitrogens with one attached hydrogen (secondary N) is 1. The topological polar surface area (TPSA) is 111 Å². The van der Waals surface area contributed by atoms with Crippen LogP contribution < -0.4 is 16.0 Å². The van der Waals surface area contributed by atoms with Gasteiger partial charge in [0.25, 0.3) is 5.91 Å². The number of carbonyl (C=O) groups is 3. The Hall–Kier alpha value is -3.88. The quantitative estimate of drug-likeness (QED) is 0.678.